The molecule has 0 saturated heterocycles. The standard InChI is InChI=1S/C21H21N5O3/c1-14(23)18(12-22)20(27)13-29-21(28)17-6-4-5-7-19(17)25-24-15-8-10-16(11-9-15)26(2)3/h4-11,18,23H,13H2,1-3H3. The van der Waals surface area contributed by atoms with Crippen LogP contribution in [0.5, 0.6) is 0 Å². The van der Waals surface area contributed by atoms with Crippen molar-refractivity contribution in [1.29, 1.82) is 10.7 Å². The van der Waals surface area contributed by atoms with Gasteiger partial charge >= 0.3 is 5.97 Å². The van der Waals surface area contributed by atoms with Crippen molar-refractivity contribution >= 4 is 34.5 Å². The molecule has 1 atom stereocenters. The van der Waals surface area contributed by atoms with E-state index in [1.54, 1.807) is 36.4 Å². The summed E-state index contributed by atoms with van der Waals surface area (Å²) >= 11 is 0. The molecule has 0 aliphatic carbocycles. The summed E-state index contributed by atoms with van der Waals surface area (Å²) in [5, 5.41) is 24.6. The van der Waals surface area contributed by atoms with Gasteiger partial charge in [0.1, 0.15) is 11.6 Å². The SMILES string of the molecule is CC(=N)C(C#N)C(=O)COC(=O)c1ccccc1N=Nc1ccc(N(C)C)cc1. The number of carbonyl (C=O) groups is 2. The van der Waals surface area contributed by atoms with Crippen LogP contribution in [0.4, 0.5) is 17.1 Å². The Kier molecular flexibility index (Phi) is 7.32. The third-order valence-corrected chi connectivity index (χ3v) is 3.99. The van der Waals surface area contributed by atoms with Crippen LogP contribution >= 0.6 is 0 Å². The second kappa shape index (κ2) is 9.90. The number of rotatable bonds is 8. The average Bonchev–Trinajstić information content (AvgIpc) is 2.71. The highest BCUT2D eigenvalue weighted by Crippen LogP contribution is 2.24. The minimum Gasteiger partial charge on any atom is -0.454 e. The Morgan fingerprint density at radius 1 is 1.14 bits per heavy atom. The number of ketones is 1. The minimum atomic E-state index is -1.22. The zero-order chi connectivity index (χ0) is 21.4. The van der Waals surface area contributed by atoms with Crippen molar-refractivity contribution in [2.24, 2.45) is 16.1 Å². The lowest BCUT2D eigenvalue weighted by Gasteiger charge is -2.11. The van der Waals surface area contributed by atoms with Gasteiger partial charge in [0.2, 0.25) is 0 Å². The molecule has 148 valence electrons. The highest BCUT2D eigenvalue weighted by atomic mass is 16.5. The highest BCUT2D eigenvalue weighted by molar-refractivity contribution is 6.06. The van der Waals surface area contributed by atoms with Gasteiger partial charge in [0.05, 0.1) is 17.3 Å². The number of nitrogens with one attached hydrogen (secondary N) is 1. The second-order valence-corrected chi connectivity index (χ2v) is 6.42. The van der Waals surface area contributed by atoms with E-state index in [2.05, 4.69) is 10.2 Å². The van der Waals surface area contributed by atoms with Crippen molar-refractivity contribution in [3.05, 3.63) is 54.1 Å². The predicted molar refractivity (Wildman–Crippen MR) is 109 cm³/mol. The molecule has 1 unspecified atom stereocenters. The molecule has 0 aliphatic heterocycles. The molecule has 0 aliphatic rings. The molecule has 0 spiro atoms. The Labute approximate surface area is 168 Å². The van der Waals surface area contributed by atoms with E-state index in [4.69, 9.17) is 15.4 Å². The van der Waals surface area contributed by atoms with Crippen LogP contribution in [0, 0.1) is 22.7 Å². The number of azo groups is 1. The first kappa shape index (κ1) is 21.4. The van der Waals surface area contributed by atoms with E-state index in [1.165, 1.54) is 13.0 Å². The van der Waals surface area contributed by atoms with Crippen molar-refractivity contribution in [3.63, 3.8) is 0 Å². The van der Waals surface area contributed by atoms with Gasteiger partial charge in [-0.15, -0.1) is 5.11 Å². The van der Waals surface area contributed by atoms with Gasteiger partial charge in [-0.25, -0.2) is 4.79 Å². The van der Waals surface area contributed by atoms with Crippen molar-refractivity contribution in [2.75, 3.05) is 25.6 Å². The van der Waals surface area contributed by atoms with Crippen LogP contribution in [-0.2, 0) is 9.53 Å². The van der Waals surface area contributed by atoms with Gasteiger partial charge in [-0.1, -0.05) is 12.1 Å². The van der Waals surface area contributed by atoms with Crippen molar-refractivity contribution in [3.8, 4) is 6.07 Å². The number of nitrogens with zero attached hydrogens (tertiary/aromatic N) is 4. The summed E-state index contributed by atoms with van der Waals surface area (Å²) in [5.74, 6) is -2.62. The quantitative estimate of drug-likeness (QED) is 0.413. The summed E-state index contributed by atoms with van der Waals surface area (Å²) in [6.07, 6.45) is 0. The number of hydrogen-bond acceptors (Lipinski definition) is 8. The molecule has 8 heteroatoms. The van der Waals surface area contributed by atoms with E-state index in [0.717, 1.165) is 5.69 Å². The molecule has 0 heterocycles. The van der Waals surface area contributed by atoms with Crippen molar-refractivity contribution in [1.82, 2.24) is 0 Å². The van der Waals surface area contributed by atoms with E-state index in [0.29, 0.717) is 11.4 Å². The Hall–Kier alpha value is -3.86. The summed E-state index contributed by atoms with van der Waals surface area (Å²) < 4.78 is 5.01. The zero-order valence-electron chi connectivity index (χ0n) is 16.4. The maximum absolute atomic E-state index is 12.4. The van der Waals surface area contributed by atoms with Gasteiger partial charge < -0.3 is 15.0 Å². The number of benzene rings is 2. The summed E-state index contributed by atoms with van der Waals surface area (Å²) in [5.41, 5.74) is 1.99. The lowest BCUT2D eigenvalue weighted by Crippen LogP contribution is -2.25. The molecule has 2 aromatic rings. The lowest BCUT2D eigenvalue weighted by atomic mass is 10.0. The summed E-state index contributed by atoms with van der Waals surface area (Å²) in [4.78, 5) is 26.3. The predicted octanol–water partition coefficient (Wildman–Crippen LogP) is 4.07. The molecule has 2 rings (SSSR count). The van der Waals surface area contributed by atoms with Gasteiger partial charge in [0.15, 0.2) is 12.4 Å². The molecule has 0 bridgehead atoms. The Bertz CT molecular complexity index is 975. The van der Waals surface area contributed by atoms with Crippen LogP contribution in [0.25, 0.3) is 0 Å². The third-order valence-electron chi connectivity index (χ3n) is 3.99. The number of hydrogen-bond donors (Lipinski definition) is 1. The van der Waals surface area contributed by atoms with Gasteiger partial charge in [-0.2, -0.15) is 10.4 Å². The van der Waals surface area contributed by atoms with Crippen LogP contribution in [0.15, 0.2) is 58.8 Å². The van der Waals surface area contributed by atoms with Crippen molar-refractivity contribution < 1.29 is 14.3 Å². The van der Waals surface area contributed by atoms with Crippen LogP contribution in [-0.4, -0.2) is 38.2 Å². The zero-order valence-corrected chi connectivity index (χ0v) is 16.4. The molecule has 29 heavy (non-hydrogen) atoms. The number of nitriles is 1. The Morgan fingerprint density at radius 3 is 2.38 bits per heavy atom. The fourth-order valence-electron chi connectivity index (χ4n) is 2.37. The van der Waals surface area contributed by atoms with Crippen LogP contribution in [0.1, 0.15) is 17.3 Å². The summed E-state index contributed by atoms with van der Waals surface area (Å²) in [6.45, 7) is 0.763. The first-order valence-corrected chi connectivity index (χ1v) is 8.76. The third kappa shape index (κ3) is 5.81. The maximum Gasteiger partial charge on any atom is 0.340 e. The second-order valence-electron chi connectivity index (χ2n) is 6.42. The highest BCUT2D eigenvalue weighted by Gasteiger charge is 2.22. The van der Waals surface area contributed by atoms with Gasteiger partial charge in [0.25, 0.3) is 0 Å². The Morgan fingerprint density at radius 2 is 1.79 bits per heavy atom. The fraction of sp³-hybridized carbons (Fsp3) is 0.238. The van der Waals surface area contributed by atoms with Crippen LogP contribution in [0.2, 0.25) is 0 Å². The van der Waals surface area contributed by atoms with Gasteiger partial charge in [0, 0.05) is 25.5 Å². The molecule has 0 saturated carbocycles. The topological polar surface area (TPSA) is 119 Å². The van der Waals surface area contributed by atoms with Gasteiger partial charge in [-0.05, 0) is 43.3 Å². The minimum absolute atomic E-state index is 0.0944. The first-order chi connectivity index (χ1) is 13.8. The molecular formula is C21H21N5O3. The lowest BCUT2D eigenvalue weighted by molar-refractivity contribution is -0.122. The molecule has 0 radical (unpaired) electrons. The first-order valence-electron chi connectivity index (χ1n) is 8.76. The molecule has 0 fully saturated rings. The van der Waals surface area contributed by atoms with E-state index in [-0.39, 0.29) is 11.3 Å². The number of carbonyl (C=O) groups excluding carboxylic acids is 2. The largest absolute Gasteiger partial charge is 0.454 e. The molecule has 0 aromatic heterocycles. The van der Waals surface area contributed by atoms with E-state index in [1.807, 2.05) is 31.1 Å². The normalized spacial score (nSPS) is 11.5. The molecule has 1 N–H and O–H groups in total. The van der Waals surface area contributed by atoms with E-state index in [9.17, 15) is 9.59 Å². The summed E-state index contributed by atoms with van der Waals surface area (Å²) in [6, 6.07) is 15.6. The van der Waals surface area contributed by atoms with Crippen LogP contribution < -0.4 is 4.90 Å². The number of esters is 1. The molecule has 8 nitrogen and oxygen atoms in total. The monoisotopic (exact) mass is 391 g/mol. The van der Waals surface area contributed by atoms with E-state index >= 15 is 0 Å². The number of Topliss-reactive ketones (excluding diaryl/α,β-unsaturated/α-hetero) is 1. The smallest absolute Gasteiger partial charge is 0.340 e. The van der Waals surface area contributed by atoms with Crippen molar-refractivity contribution in [2.45, 2.75) is 6.92 Å². The Balaban J connectivity index is 2.11. The van der Waals surface area contributed by atoms with Crippen LogP contribution in [0.3, 0.4) is 0 Å². The molecule has 0 amide bonds. The fourth-order valence-corrected chi connectivity index (χ4v) is 2.37. The maximum atomic E-state index is 12.4. The number of ether oxygens (including phenoxy) is 1. The van der Waals surface area contributed by atoms with E-state index < -0.39 is 24.3 Å². The average molecular weight is 391 g/mol. The van der Waals surface area contributed by atoms with Gasteiger partial charge in [-0.3, -0.25) is 4.79 Å². The molecule has 2 aromatic carbocycles. The number of anilines is 1. The summed E-state index contributed by atoms with van der Waals surface area (Å²) in [7, 11) is 3.87. The molecular weight excluding hydrogens is 370 g/mol.